The van der Waals surface area contributed by atoms with Crippen LogP contribution in [0.25, 0.3) is 0 Å². The molecular weight excluding hydrogens is 390 g/mol. The number of anilines is 1. The molecule has 154 valence electrons. The van der Waals surface area contributed by atoms with Gasteiger partial charge in [-0.3, -0.25) is 9.59 Å². The fraction of sp³-hybridized carbons (Fsp3) is 0.333. The second-order valence-electron chi connectivity index (χ2n) is 7.22. The number of carbonyl (C=O) groups excluding carboxylic acids is 2. The van der Waals surface area contributed by atoms with Crippen molar-refractivity contribution < 1.29 is 18.0 Å². The largest absolute Gasteiger partial charge is 0.366 e. The average Bonchev–Trinajstić information content (AvgIpc) is 2.73. The van der Waals surface area contributed by atoms with Crippen molar-refractivity contribution in [2.75, 3.05) is 25.0 Å². The molecule has 2 amide bonds. The van der Waals surface area contributed by atoms with E-state index in [9.17, 15) is 18.0 Å². The van der Waals surface area contributed by atoms with Crippen LogP contribution in [0.5, 0.6) is 0 Å². The summed E-state index contributed by atoms with van der Waals surface area (Å²) in [5.41, 5.74) is 7.06. The van der Waals surface area contributed by atoms with Crippen LogP contribution in [0.15, 0.2) is 47.4 Å². The van der Waals surface area contributed by atoms with Crippen LogP contribution in [0, 0.1) is 6.92 Å². The van der Waals surface area contributed by atoms with Crippen molar-refractivity contribution in [3.05, 3.63) is 59.2 Å². The third kappa shape index (κ3) is 4.33. The van der Waals surface area contributed by atoms with E-state index in [2.05, 4.69) is 0 Å². The molecule has 1 fully saturated rings. The molecule has 29 heavy (non-hydrogen) atoms. The number of amides is 2. The normalized spacial score (nSPS) is 15.1. The van der Waals surface area contributed by atoms with E-state index in [1.165, 1.54) is 15.3 Å². The minimum atomic E-state index is -3.64. The van der Waals surface area contributed by atoms with Crippen molar-refractivity contribution in [1.82, 2.24) is 4.31 Å². The highest BCUT2D eigenvalue weighted by Gasteiger charge is 2.28. The molecule has 0 unspecified atom stereocenters. The van der Waals surface area contributed by atoms with Crippen LogP contribution in [0.1, 0.15) is 45.5 Å². The Labute approximate surface area is 171 Å². The molecule has 2 aromatic carbocycles. The second-order valence-corrected chi connectivity index (χ2v) is 9.13. The maximum atomic E-state index is 13.1. The molecule has 2 N–H and O–H groups in total. The molecule has 1 aliphatic heterocycles. The van der Waals surface area contributed by atoms with Crippen molar-refractivity contribution in [2.24, 2.45) is 5.73 Å². The zero-order valence-electron chi connectivity index (χ0n) is 16.6. The Morgan fingerprint density at radius 2 is 1.55 bits per heavy atom. The molecule has 0 bridgehead atoms. The van der Waals surface area contributed by atoms with E-state index in [4.69, 9.17) is 5.73 Å². The quantitative estimate of drug-likeness (QED) is 0.811. The zero-order chi connectivity index (χ0) is 21.2. The van der Waals surface area contributed by atoms with Crippen LogP contribution in [0.4, 0.5) is 5.69 Å². The lowest BCUT2D eigenvalue weighted by Crippen LogP contribution is -2.36. The first-order valence-corrected chi connectivity index (χ1v) is 10.9. The molecule has 3 rings (SSSR count). The van der Waals surface area contributed by atoms with Gasteiger partial charge < -0.3 is 10.6 Å². The number of piperidine rings is 1. The Kier molecular flexibility index (Phi) is 6.04. The van der Waals surface area contributed by atoms with Crippen molar-refractivity contribution >= 4 is 27.5 Å². The zero-order valence-corrected chi connectivity index (χ0v) is 17.4. The summed E-state index contributed by atoms with van der Waals surface area (Å²) in [6.45, 7) is 2.75. The van der Waals surface area contributed by atoms with E-state index >= 15 is 0 Å². The smallest absolute Gasteiger partial charge is 0.258 e. The molecule has 2 aromatic rings. The summed E-state index contributed by atoms with van der Waals surface area (Å²) in [5, 5.41) is 0. The summed E-state index contributed by atoms with van der Waals surface area (Å²) in [6, 6.07) is 11.1. The first-order chi connectivity index (χ1) is 13.7. The van der Waals surface area contributed by atoms with E-state index < -0.39 is 15.9 Å². The highest BCUT2D eigenvalue weighted by Crippen LogP contribution is 2.25. The predicted molar refractivity (Wildman–Crippen MR) is 111 cm³/mol. The van der Waals surface area contributed by atoms with Crippen molar-refractivity contribution in [2.45, 2.75) is 31.1 Å². The molecule has 0 saturated carbocycles. The van der Waals surface area contributed by atoms with E-state index in [0.29, 0.717) is 29.9 Å². The minimum absolute atomic E-state index is 0.169. The molecule has 1 saturated heterocycles. The molecular formula is C21H25N3O4S. The Balaban J connectivity index is 1.90. The van der Waals surface area contributed by atoms with Gasteiger partial charge in [0.1, 0.15) is 0 Å². The van der Waals surface area contributed by atoms with Gasteiger partial charge in [0.2, 0.25) is 15.9 Å². The van der Waals surface area contributed by atoms with Crippen LogP contribution >= 0.6 is 0 Å². The van der Waals surface area contributed by atoms with Gasteiger partial charge in [-0.15, -0.1) is 0 Å². The number of nitrogens with two attached hydrogens (primary N) is 1. The summed E-state index contributed by atoms with van der Waals surface area (Å²) in [7, 11) is -2.05. The van der Waals surface area contributed by atoms with E-state index in [-0.39, 0.29) is 16.4 Å². The number of hydrogen-bond acceptors (Lipinski definition) is 4. The lowest BCUT2D eigenvalue weighted by molar-refractivity contribution is 0.0989. The van der Waals surface area contributed by atoms with Gasteiger partial charge in [0.15, 0.2) is 0 Å². The van der Waals surface area contributed by atoms with Crippen LogP contribution in [-0.4, -0.2) is 44.7 Å². The number of aryl methyl sites for hydroxylation is 1. The maximum Gasteiger partial charge on any atom is 0.258 e. The Bertz CT molecular complexity index is 1030. The molecule has 0 spiro atoms. The van der Waals surface area contributed by atoms with Crippen molar-refractivity contribution in [3.63, 3.8) is 0 Å². The molecule has 7 nitrogen and oxygen atoms in total. The van der Waals surface area contributed by atoms with E-state index in [0.717, 1.165) is 19.3 Å². The fourth-order valence-electron chi connectivity index (χ4n) is 3.42. The summed E-state index contributed by atoms with van der Waals surface area (Å²) < 4.78 is 27.7. The van der Waals surface area contributed by atoms with Gasteiger partial charge in [0.25, 0.3) is 5.91 Å². The predicted octanol–water partition coefficient (Wildman–Crippen LogP) is 2.55. The van der Waals surface area contributed by atoms with Gasteiger partial charge in [-0.1, -0.05) is 12.5 Å². The lowest BCUT2D eigenvalue weighted by Gasteiger charge is -2.27. The molecule has 8 heteroatoms. The third-order valence-corrected chi connectivity index (χ3v) is 7.25. The SMILES string of the molecule is Cc1ccc(C(=O)N(C)c2ccc(C(N)=O)cc2)cc1S(=O)(=O)N1CCCCC1. The molecule has 0 aromatic heterocycles. The number of nitrogens with zero attached hydrogens (tertiary/aromatic N) is 2. The van der Waals surface area contributed by atoms with Gasteiger partial charge in [0.05, 0.1) is 4.90 Å². The number of carbonyl (C=O) groups is 2. The maximum absolute atomic E-state index is 13.1. The monoisotopic (exact) mass is 415 g/mol. The van der Waals surface area contributed by atoms with Crippen LogP contribution < -0.4 is 10.6 Å². The van der Waals surface area contributed by atoms with Gasteiger partial charge in [0, 0.05) is 37.0 Å². The lowest BCUT2D eigenvalue weighted by atomic mass is 10.1. The highest BCUT2D eigenvalue weighted by molar-refractivity contribution is 7.89. The third-order valence-electron chi connectivity index (χ3n) is 5.21. The summed E-state index contributed by atoms with van der Waals surface area (Å²) >= 11 is 0. The summed E-state index contributed by atoms with van der Waals surface area (Å²) in [6.07, 6.45) is 2.73. The molecule has 0 atom stereocenters. The van der Waals surface area contributed by atoms with E-state index in [1.54, 1.807) is 50.4 Å². The molecule has 1 heterocycles. The second kappa shape index (κ2) is 8.34. The Hall–Kier alpha value is -2.71. The topological polar surface area (TPSA) is 101 Å². The summed E-state index contributed by atoms with van der Waals surface area (Å²) in [4.78, 5) is 25.7. The number of sulfonamides is 1. The van der Waals surface area contributed by atoms with Crippen LogP contribution in [0.2, 0.25) is 0 Å². The van der Waals surface area contributed by atoms with Crippen LogP contribution in [0.3, 0.4) is 0 Å². The van der Waals surface area contributed by atoms with Crippen molar-refractivity contribution in [3.8, 4) is 0 Å². The Morgan fingerprint density at radius 1 is 0.966 bits per heavy atom. The first kappa shape index (κ1) is 21.0. The average molecular weight is 416 g/mol. The van der Waals surface area contributed by atoms with Crippen LogP contribution in [-0.2, 0) is 10.0 Å². The number of rotatable bonds is 5. The highest BCUT2D eigenvalue weighted by atomic mass is 32.2. The minimum Gasteiger partial charge on any atom is -0.366 e. The van der Waals surface area contributed by atoms with Gasteiger partial charge in [-0.25, -0.2) is 8.42 Å². The first-order valence-electron chi connectivity index (χ1n) is 9.50. The fourth-order valence-corrected chi connectivity index (χ4v) is 5.18. The van der Waals surface area contributed by atoms with Gasteiger partial charge in [-0.05, 0) is 61.7 Å². The number of benzene rings is 2. The van der Waals surface area contributed by atoms with E-state index in [1.807, 2.05) is 0 Å². The molecule has 1 aliphatic rings. The standard InChI is InChI=1S/C21H25N3O4S/c1-15-6-7-17(14-19(15)29(27,28)24-12-4-3-5-13-24)21(26)23(2)18-10-8-16(9-11-18)20(22)25/h6-11,14H,3-5,12-13H2,1-2H3,(H2,22,25). The van der Waals surface area contributed by atoms with Crippen molar-refractivity contribution in [1.29, 1.82) is 0 Å². The molecule has 0 radical (unpaired) electrons. The Morgan fingerprint density at radius 3 is 2.14 bits per heavy atom. The van der Waals surface area contributed by atoms with Gasteiger partial charge in [-0.2, -0.15) is 4.31 Å². The number of hydrogen-bond donors (Lipinski definition) is 1. The number of primary amides is 1. The summed E-state index contributed by atoms with van der Waals surface area (Å²) in [5.74, 6) is -0.886. The molecule has 0 aliphatic carbocycles. The van der Waals surface area contributed by atoms with Gasteiger partial charge >= 0.3 is 0 Å².